The Bertz CT molecular complexity index is 889. The number of rotatable bonds is 6. The molecule has 26 heavy (non-hydrogen) atoms. The van der Waals surface area contributed by atoms with Crippen molar-refractivity contribution >= 4 is 44.7 Å². The zero-order chi connectivity index (χ0) is 17.9. The molecule has 1 aliphatic heterocycles. The Morgan fingerprint density at radius 2 is 2.23 bits per heavy atom. The van der Waals surface area contributed by atoms with Gasteiger partial charge in [0.1, 0.15) is 5.01 Å². The number of hydrogen-bond donors (Lipinski definition) is 1. The largest absolute Gasteiger partial charge is 0.336 e. The maximum atomic E-state index is 13.1. The lowest BCUT2D eigenvalue weighted by Crippen LogP contribution is -2.39. The van der Waals surface area contributed by atoms with Crippen LogP contribution in [0.3, 0.4) is 0 Å². The van der Waals surface area contributed by atoms with E-state index in [1.54, 1.807) is 16.0 Å². The first kappa shape index (κ1) is 17.0. The highest BCUT2D eigenvalue weighted by Crippen LogP contribution is 2.27. The van der Waals surface area contributed by atoms with Crippen molar-refractivity contribution in [2.24, 2.45) is 0 Å². The minimum atomic E-state index is -0.0616. The summed E-state index contributed by atoms with van der Waals surface area (Å²) >= 11 is 3.04. The van der Waals surface area contributed by atoms with Crippen molar-refractivity contribution in [3.8, 4) is 0 Å². The van der Waals surface area contributed by atoms with Gasteiger partial charge in [-0.3, -0.25) is 4.79 Å². The van der Waals surface area contributed by atoms with Crippen LogP contribution in [0.1, 0.15) is 14.7 Å². The Labute approximate surface area is 159 Å². The fraction of sp³-hybridized carbons (Fsp3) is 0.278. The van der Waals surface area contributed by atoms with Crippen LogP contribution in [0.4, 0.5) is 4.79 Å². The summed E-state index contributed by atoms with van der Waals surface area (Å²) in [5.41, 5.74) is 0. The van der Waals surface area contributed by atoms with E-state index >= 15 is 0 Å². The number of urea groups is 1. The summed E-state index contributed by atoms with van der Waals surface area (Å²) < 4.78 is 1.10. The number of fused-ring (bicyclic) bond motifs is 1. The van der Waals surface area contributed by atoms with E-state index in [9.17, 15) is 9.59 Å². The maximum absolute atomic E-state index is 13.1. The monoisotopic (exact) mass is 386 g/mol. The fourth-order valence-electron chi connectivity index (χ4n) is 2.96. The first-order valence-electron chi connectivity index (χ1n) is 8.40. The van der Waals surface area contributed by atoms with Gasteiger partial charge in [0.05, 0.1) is 11.4 Å². The van der Waals surface area contributed by atoms with Crippen LogP contribution in [-0.4, -0.2) is 52.9 Å². The molecule has 0 unspecified atom stereocenters. The summed E-state index contributed by atoms with van der Waals surface area (Å²) in [7, 11) is 0. The lowest BCUT2D eigenvalue weighted by molar-refractivity contribution is 0.0736. The van der Waals surface area contributed by atoms with Crippen LogP contribution < -0.4 is 5.32 Å². The zero-order valence-corrected chi connectivity index (χ0v) is 15.7. The first-order valence-corrected chi connectivity index (χ1v) is 10.1. The van der Waals surface area contributed by atoms with E-state index in [4.69, 9.17) is 0 Å². The molecule has 3 aromatic rings. The minimum absolute atomic E-state index is 0.0130. The normalized spacial score (nSPS) is 14.0. The Hall–Kier alpha value is -2.45. The number of thiophene rings is 1. The molecule has 134 valence electrons. The van der Waals surface area contributed by atoms with Gasteiger partial charge in [0.15, 0.2) is 0 Å². The zero-order valence-electron chi connectivity index (χ0n) is 14.1. The van der Waals surface area contributed by atoms with Crippen LogP contribution in [0.25, 0.3) is 10.1 Å². The molecular formula is C18H18N4O2S2. The van der Waals surface area contributed by atoms with Crippen molar-refractivity contribution in [1.29, 1.82) is 0 Å². The van der Waals surface area contributed by atoms with E-state index < -0.39 is 0 Å². The number of amides is 3. The second kappa shape index (κ2) is 7.43. The molecular weight excluding hydrogens is 368 g/mol. The van der Waals surface area contributed by atoms with Crippen molar-refractivity contribution in [2.75, 3.05) is 26.2 Å². The average Bonchev–Trinajstić information content (AvgIpc) is 3.38. The third kappa shape index (κ3) is 3.56. The Balaban J connectivity index is 1.54. The van der Waals surface area contributed by atoms with Gasteiger partial charge in [-0.1, -0.05) is 18.2 Å². The van der Waals surface area contributed by atoms with Gasteiger partial charge in [-0.15, -0.1) is 22.7 Å². The molecule has 1 saturated heterocycles. The molecule has 3 heterocycles. The third-order valence-corrected chi connectivity index (χ3v) is 6.19. The van der Waals surface area contributed by atoms with E-state index in [2.05, 4.69) is 10.3 Å². The molecule has 1 N–H and O–H groups in total. The molecule has 2 aromatic heterocycles. The fourth-order valence-corrected chi connectivity index (χ4v) is 4.62. The van der Waals surface area contributed by atoms with Crippen LogP contribution in [0.2, 0.25) is 0 Å². The first-order chi connectivity index (χ1) is 12.7. The van der Waals surface area contributed by atoms with Crippen molar-refractivity contribution in [2.45, 2.75) is 6.54 Å². The number of carbonyl (C=O) groups is 2. The Morgan fingerprint density at radius 1 is 1.35 bits per heavy atom. The smallest absolute Gasteiger partial charge is 0.317 e. The van der Waals surface area contributed by atoms with E-state index in [1.807, 2.05) is 35.7 Å². The molecule has 1 aliphatic rings. The molecule has 0 radical (unpaired) electrons. The van der Waals surface area contributed by atoms with Gasteiger partial charge in [-0.25, -0.2) is 9.78 Å². The number of nitrogens with one attached hydrogen (secondary N) is 1. The topological polar surface area (TPSA) is 65.5 Å². The van der Waals surface area contributed by atoms with Crippen molar-refractivity contribution in [1.82, 2.24) is 20.1 Å². The van der Waals surface area contributed by atoms with Crippen LogP contribution in [0, 0.1) is 0 Å². The van der Waals surface area contributed by atoms with E-state index in [-0.39, 0.29) is 11.9 Å². The number of aromatic nitrogens is 1. The van der Waals surface area contributed by atoms with Gasteiger partial charge in [0.25, 0.3) is 5.91 Å². The number of nitrogens with zero attached hydrogens (tertiary/aromatic N) is 3. The maximum Gasteiger partial charge on any atom is 0.317 e. The number of benzene rings is 1. The molecule has 0 spiro atoms. The molecule has 8 heteroatoms. The van der Waals surface area contributed by atoms with Gasteiger partial charge in [-0.2, -0.15) is 0 Å². The molecule has 6 nitrogen and oxygen atoms in total. The molecule has 0 saturated carbocycles. The second-order valence-electron chi connectivity index (χ2n) is 6.02. The lowest BCUT2D eigenvalue weighted by atomic mass is 10.2. The van der Waals surface area contributed by atoms with Gasteiger partial charge >= 0.3 is 6.03 Å². The van der Waals surface area contributed by atoms with Gasteiger partial charge in [-0.05, 0) is 17.5 Å². The molecule has 1 aromatic carbocycles. The molecule has 0 aliphatic carbocycles. The standard InChI is InChI=1S/C18H18N4O2S2/c23-17(15-11-13-3-1-2-4-14(13)26-15)22(12-16-19-6-10-25-16)9-8-21-7-5-20-18(21)24/h1-4,6,10-11H,5,7-9,12H2,(H,20,24). The number of thiazole rings is 1. The van der Waals surface area contributed by atoms with Crippen molar-refractivity contribution in [3.63, 3.8) is 0 Å². The molecule has 1 fully saturated rings. The highest BCUT2D eigenvalue weighted by Gasteiger charge is 2.23. The van der Waals surface area contributed by atoms with Crippen molar-refractivity contribution in [3.05, 3.63) is 51.8 Å². The van der Waals surface area contributed by atoms with Gasteiger partial charge < -0.3 is 15.1 Å². The van der Waals surface area contributed by atoms with E-state index in [1.165, 1.54) is 22.7 Å². The molecule has 3 amide bonds. The number of carbonyl (C=O) groups excluding carboxylic acids is 2. The predicted molar refractivity (Wildman–Crippen MR) is 104 cm³/mol. The third-order valence-electron chi connectivity index (χ3n) is 4.32. The average molecular weight is 387 g/mol. The van der Waals surface area contributed by atoms with E-state index in [0.29, 0.717) is 37.6 Å². The summed E-state index contributed by atoms with van der Waals surface area (Å²) in [5.74, 6) is -0.0130. The Kier molecular flexibility index (Phi) is 4.85. The Morgan fingerprint density at radius 3 is 2.96 bits per heavy atom. The highest BCUT2D eigenvalue weighted by atomic mass is 32.1. The minimum Gasteiger partial charge on any atom is -0.336 e. The van der Waals surface area contributed by atoms with Gasteiger partial charge in [0.2, 0.25) is 0 Å². The molecule has 0 bridgehead atoms. The molecule has 4 rings (SSSR count). The van der Waals surface area contributed by atoms with Crippen LogP contribution in [0.5, 0.6) is 0 Å². The van der Waals surface area contributed by atoms with E-state index in [0.717, 1.165) is 15.1 Å². The second-order valence-corrected chi connectivity index (χ2v) is 8.08. The summed E-state index contributed by atoms with van der Waals surface area (Å²) in [6.07, 6.45) is 1.75. The summed E-state index contributed by atoms with van der Waals surface area (Å²) in [6.45, 7) is 2.81. The van der Waals surface area contributed by atoms with Crippen LogP contribution in [-0.2, 0) is 6.54 Å². The highest BCUT2D eigenvalue weighted by molar-refractivity contribution is 7.20. The SMILES string of the molecule is O=C1NCCN1CCN(Cc1nccs1)C(=O)c1cc2ccccc2s1. The lowest BCUT2D eigenvalue weighted by Gasteiger charge is -2.24. The predicted octanol–water partition coefficient (Wildman–Crippen LogP) is 3.03. The summed E-state index contributed by atoms with van der Waals surface area (Å²) in [5, 5.41) is 6.67. The number of hydrogen-bond acceptors (Lipinski definition) is 5. The van der Waals surface area contributed by atoms with Crippen molar-refractivity contribution < 1.29 is 9.59 Å². The van der Waals surface area contributed by atoms with Crippen LogP contribution >= 0.6 is 22.7 Å². The van der Waals surface area contributed by atoms with Gasteiger partial charge in [0, 0.05) is 42.5 Å². The summed E-state index contributed by atoms with van der Waals surface area (Å²) in [6, 6.07) is 9.88. The van der Waals surface area contributed by atoms with Crippen LogP contribution in [0.15, 0.2) is 41.9 Å². The summed E-state index contributed by atoms with van der Waals surface area (Å²) in [4.78, 5) is 33.4. The quantitative estimate of drug-likeness (QED) is 0.708. The molecule has 0 atom stereocenters.